The van der Waals surface area contributed by atoms with Gasteiger partial charge >= 0.3 is 0 Å². The van der Waals surface area contributed by atoms with E-state index in [0.717, 1.165) is 35.3 Å². The van der Waals surface area contributed by atoms with E-state index in [-0.39, 0.29) is 11.8 Å². The molecule has 3 N–H and O–H groups in total. The SMILES string of the molecule is Cn1cc(NC(=O)[C@H](CC2CCCC2)NC(=O)c2cccc(Nc3cnccc3-c3ccccc3)c2)cn1. The molecule has 5 rings (SSSR count). The standard InChI is InChI=1S/C30H32N6O2/c1-36-20-25(18-32-36)34-30(38)27(16-21-8-5-6-9-21)35-29(37)23-12-7-13-24(17-23)33-28-19-31-15-14-26(28)22-10-3-2-4-11-22/h2-4,7,10-15,17-21,27,33H,5-6,8-9,16H2,1H3,(H,34,38)(H,35,37)/t27-/m0/s1. The lowest BCUT2D eigenvalue weighted by atomic mass is 9.97. The summed E-state index contributed by atoms with van der Waals surface area (Å²) in [4.78, 5) is 30.8. The Bertz CT molecular complexity index is 1390. The molecule has 2 heterocycles. The van der Waals surface area contributed by atoms with Crippen LogP contribution >= 0.6 is 0 Å². The molecule has 8 nitrogen and oxygen atoms in total. The van der Waals surface area contributed by atoms with Gasteiger partial charge in [0.25, 0.3) is 5.91 Å². The first kappa shape index (κ1) is 25.2. The summed E-state index contributed by atoms with van der Waals surface area (Å²) in [5.41, 5.74) is 4.77. The number of carbonyl (C=O) groups is 2. The Morgan fingerprint density at radius 3 is 2.58 bits per heavy atom. The first-order chi connectivity index (χ1) is 18.5. The summed E-state index contributed by atoms with van der Waals surface area (Å²) >= 11 is 0. The van der Waals surface area contributed by atoms with E-state index in [0.29, 0.717) is 23.6 Å². The molecule has 0 spiro atoms. The van der Waals surface area contributed by atoms with Gasteiger partial charge in [-0.25, -0.2) is 0 Å². The van der Waals surface area contributed by atoms with Crippen LogP contribution in [0.5, 0.6) is 0 Å². The maximum atomic E-state index is 13.3. The second kappa shape index (κ2) is 11.7. The molecule has 2 aromatic carbocycles. The van der Waals surface area contributed by atoms with E-state index in [2.05, 4.69) is 26.0 Å². The highest BCUT2D eigenvalue weighted by atomic mass is 16.2. The monoisotopic (exact) mass is 508 g/mol. The molecular formula is C30H32N6O2. The average Bonchev–Trinajstić information content (AvgIpc) is 3.60. The van der Waals surface area contributed by atoms with Gasteiger partial charge in [0, 0.05) is 36.3 Å². The second-order valence-corrected chi connectivity index (χ2v) is 9.80. The summed E-state index contributed by atoms with van der Waals surface area (Å²) in [6.07, 6.45) is 12.0. The third-order valence-electron chi connectivity index (χ3n) is 6.95. The summed E-state index contributed by atoms with van der Waals surface area (Å²) in [5.74, 6) is -0.0854. The number of aryl methyl sites for hydroxylation is 1. The molecule has 1 aliphatic carbocycles. The van der Waals surface area contributed by atoms with Crippen molar-refractivity contribution in [2.75, 3.05) is 10.6 Å². The van der Waals surface area contributed by atoms with Gasteiger partial charge in [0.2, 0.25) is 5.91 Å². The number of carbonyl (C=O) groups excluding carboxylic acids is 2. The van der Waals surface area contributed by atoms with Crippen LogP contribution < -0.4 is 16.0 Å². The lowest BCUT2D eigenvalue weighted by Crippen LogP contribution is -2.44. The number of hydrogen-bond acceptors (Lipinski definition) is 5. The number of benzene rings is 2. The molecule has 4 aromatic rings. The van der Waals surface area contributed by atoms with Gasteiger partial charge in [0.05, 0.1) is 23.8 Å². The molecule has 0 radical (unpaired) electrons. The van der Waals surface area contributed by atoms with Crippen molar-refractivity contribution in [1.82, 2.24) is 20.1 Å². The van der Waals surface area contributed by atoms with E-state index in [9.17, 15) is 9.59 Å². The van der Waals surface area contributed by atoms with E-state index in [1.54, 1.807) is 48.6 Å². The number of pyridine rings is 1. The number of nitrogens with zero attached hydrogens (tertiary/aromatic N) is 3. The summed E-state index contributed by atoms with van der Waals surface area (Å²) in [6.45, 7) is 0. The summed E-state index contributed by atoms with van der Waals surface area (Å²) in [7, 11) is 1.79. The molecule has 2 aromatic heterocycles. The maximum Gasteiger partial charge on any atom is 0.252 e. The summed E-state index contributed by atoms with van der Waals surface area (Å²) in [6, 6.07) is 18.7. The third-order valence-corrected chi connectivity index (χ3v) is 6.95. The van der Waals surface area contributed by atoms with E-state index >= 15 is 0 Å². The Hall–Kier alpha value is -4.46. The van der Waals surface area contributed by atoms with Gasteiger partial charge in [0.15, 0.2) is 0 Å². The lowest BCUT2D eigenvalue weighted by molar-refractivity contribution is -0.118. The number of aromatic nitrogens is 3. The van der Waals surface area contributed by atoms with E-state index in [1.165, 1.54) is 12.8 Å². The Morgan fingerprint density at radius 2 is 1.82 bits per heavy atom. The highest BCUT2D eigenvalue weighted by Crippen LogP contribution is 2.30. The molecule has 2 amide bonds. The molecule has 0 bridgehead atoms. The minimum atomic E-state index is -0.634. The van der Waals surface area contributed by atoms with Crippen LogP contribution in [0.4, 0.5) is 17.1 Å². The maximum absolute atomic E-state index is 13.3. The Balaban J connectivity index is 1.32. The Morgan fingerprint density at radius 1 is 1.00 bits per heavy atom. The quantitative estimate of drug-likeness (QED) is 0.275. The predicted octanol–water partition coefficient (Wildman–Crippen LogP) is 5.54. The minimum absolute atomic E-state index is 0.226. The van der Waals surface area contributed by atoms with Gasteiger partial charge in [-0.05, 0) is 42.2 Å². The topological polar surface area (TPSA) is 101 Å². The molecule has 38 heavy (non-hydrogen) atoms. The first-order valence-corrected chi connectivity index (χ1v) is 13.0. The van der Waals surface area contributed by atoms with E-state index in [1.807, 2.05) is 48.5 Å². The van der Waals surface area contributed by atoms with Crippen molar-refractivity contribution < 1.29 is 9.59 Å². The number of nitrogens with one attached hydrogen (secondary N) is 3. The van der Waals surface area contributed by atoms with Gasteiger partial charge in [-0.15, -0.1) is 0 Å². The Labute approximate surface area is 222 Å². The first-order valence-electron chi connectivity index (χ1n) is 13.0. The molecule has 8 heteroatoms. The van der Waals surface area contributed by atoms with Crippen molar-refractivity contribution in [1.29, 1.82) is 0 Å². The molecule has 1 saturated carbocycles. The van der Waals surface area contributed by atoms with Crippen LogP contribution in [0, 0.1) is 5.92 Å². The molecule has 0 aliphatic heterocycles. The zero-order valence-corrected chi connectivity index (χ0v) is 21.4. The number of rotatable bonds is 9. The van der Waals surface area contributed by atoms with Crippen LogP contribution in [0.25, 0.3) is 11.1 Å². The molecule has 194 valence electrons. The highest BCUT2D eigenvalue weighted by molar-refractivity contribution is 6.01. The third kappa shape index (κ3) is 6.26. The summed E-state index contributed by atoms with van der Waals surface area (Å²) in [5, 5.41) is 13.4. The molecule has 0 unspecified atom stereocenters. The molecule has 0 saturated heterocycles. The van der Waals surface area contributed by atoms with Crippen LogP contribution in [0.1, 0.15) is 42.5 Å². The van der Waals surface area contributed by atoms with E-state index in [4.69, 9.17) is 0 Å². The fourth-order valence-corrected chi connectivity index (χ4v) is 5.02. The molecule has 1 aliphatic rings. The highest BCUT2D eigenvalue weighted by Gasteiger charge is 2.27. The average molecular weight is 509 g/mol. The van der Waals surface area contributed by atoms with Gasteiger partial charge in [-0.3, -0.25) is 19.3 Å². The van der Waals surface area contributed by atoms with Gasteiger partial charge < -0.3 is 16.0 Å². The predicted molar refractivity (Wildman–Crippen MR) is 149 cm³/mol. The second-order valence-electron chi connectivity index (χ2n) is 9.80. The molecule has 1 atom stereocenters. The Kier molecular flexibility index (Phi) is 7.78. The van der Waals surface area contributed by atoms with Crippen molar-refractivity contribution >= 4 is 28.9 Å². The zero-order chi connectivity index (χ0) is 26.3. The molecular weight excluding hydrogens is 476 g/mol. The van der Waals surface area contributed by atoms with Gasteiger partial charge in [-0.1, -0.05) is 62.1 Å². The minimum Gasteiger partial charge on any atom is -0.354 e. The number of amides is 2. The normalized spacial score (nSPS) is 14.1. The van der Waals surface area contributed by atoms with Crippen LogP contribution in [0.3, 0.4) is 0 Å². The van der Waals surface area contributed by atoms with Crippen LogP contribution in [0.2, 0.25) is 0 Å². The van der Waals surface area contributed by atoms with Crippen molar-refractivity contribution in [3.05, 3.63) is 91.0 Å². The van der Waals surface area contributed by atoms with Gasteiger partial charge in [-0.2, -0.15) is 5.10 Å². The fraction of sp³-hybridized carbons (Fsp3) is 0.267. The van der Waals surface area contributed by atoms with Crippen LogP contribution in [-0.2, 0) is 11.8 Å². The van der Waals surface area contributed by atoms with Crippen LogP contribution in [0.15, 0.2) is 85.5 Å². The lowest BCUT2D eigenvalue weighted by Gasteiger charge is -2.21. The van der Waals surface area contributed by atoms with Crippen molar-refractivity contribution in [3.8, 4) is 11.1 Å². The van der Waals surface area contributed by atoms with Gasteiger partial charge in [0.1, 0.15) is 6.04 Å². The van der Waals surface area contributed by atoms with Crippen molar-refractivity contribution in [2.24, 2.45) is 13.0 Å². The zero-order valence-electron chi connectivity index (χ0n) is 21.4. The number of anilines is 3. The van der Waals surface area contributed by atoms with Crippen molar-refractivity contribution in [2.45, 2.75) is 38.1 Å². The number of hydrogen-bond donors (Lipinski definition) is 3. The van der Waals surface area contributed by atoms with Crippen LogP contribution in [-0.4, -0.2) is 32.6 Å². The fourth-order valence-electron chi connectivity index (χ4n) is 5.02. The van der Waals surface area contributed by atoms with Crippen molar-refractivity contribution in [3.63, 3.8) is 0 Å². The smallest absolute Gasteiger partial charge is 0.252 e. The largest absolute Gasteiger partial charge is 0.354 e. The molecule has 1 fully saturated rings. The van der Waals surface area contributed by atoms with E-state index < -0.39 is 6.04 Å². The summed E-state index contributed by atoms with van der Waals surface area (Å²) < 4.78 is 1.63.